The molecule has 0 radical (unpaired) electrons. The second-order valence-electron chi connectivity index (χ2n) is 8.06. The minimum absolute atomic E-state index is 0.0728. The molecular weight excluding hydrogens is 394 g/mol. The molecule has 1 aliphatic heterocycles. The molecule has 0 N–H and O–H groups in total. The van der Waals surface area contributed by atoms with E-state index in [1.165, 1.54) is 10.9 Å². The van der Waals surface area contributed by atoms with Gasteiger partial charge in [-0.15, -0.1) is 0 Å². The number of carbonyl (C=O) groups excluding carboxylic acids is 1. The van der Waals surface area contributed by atoms with Crippen molar-refractivity contribution in [2.24, 2.45) is 0 Å². The summed E-state index contributed by atoms with van der Waals surface area (Å²) in [4.78, 5) is 32.6. The van der Waals surface area contributed by atoms with E-state index in [-0.39, 0.29) is 29.6 Å². The number of hydrogen-bond donors (Lipinski definition) is 0. The van der Waals surface area contributed by atoms with Crippen LogP contribution in [0.5, 0.6) is 0 Å². The van der Waals surface area contributed by atoms with Gasteiger partial charge in [-0.05, 0) is 37.1 Å². The SMILES string of the molecule is CCc1ccc(C2CCCCCN2C(=O)Cn2cnc3c(oc4ccccc43)c2=O)o1. The van der Waals surface area contributed by atoms with Crippen molar-refractivity contribution in [2.75, 3.05) is 6.54 Å². The molecule has 31 heavy (non-hydrogen) atoms. The third-order valence-corrected chi connectivity index (χ3v) is 6.09. The van der Waals surface area contributed by atoms with Gasteiger partial charge in [0.25, 0.3) is 5.56 Å². The van der Waals surface area contributed by atoms with Crippen molar-refractivity contribution < 1.29 is 13.6 Å². The molecule has 0 saturated carbocycles. The molecule has 1 saturated heterocycles. The maximum absolute atomic E-state index is 13.3. The average Bonchev–Trinajstić information content (AvgIpc) is 3.33. The van der Waals surface area contributed by atoms with Crippen LogP contribution < -0.4 is 5.56 Å². The van der Waals surface area contributed by atoms with Gasteiger partial charge < -0.3 is 13.7 Å². The number of carbonyl (C=O) groups is 1. The van der Waals surface area contributed by atoms with E-state index in [0.717, 1.165) is 49.0 Å². The quantitative estimate of drug-likeness (QED) is 0.488. The van der Waals surface area contributed by atoms with Crippen LogP contribution in [0.2, 0.25) is 0 Å². The van der Waals surface area contributed by atoms with Gasteiger partial charge in [-0.25, -0.2) is 4.98 Å². The average molecular weight is 419 g/mol. The minimum Gasteiger partial charge on any atom is -0.464 e. The lowest BCUT2D eigenvalue weighted by atomic mass is 10.1. The zero-order valence-electron chi connectivity index (χ0n) is 17.5. The first kappa shape index (κ1) is 19.6. The number of furan rings is 2. The monoisotopic (exact) mass is 419 g/mol. The lowest BCUT2D eigenvalue weighted by molar-refractivity contribution is -0.134. The number of fused-ring (bicyclic) bond motifs is 3. The van der Waals surface area contributed by atoms with Crippen LogP contribution in [-0.4, -0.2) is 26.9 Å². The molecular formula is C24H25N3O4. The lowest BCUT2D eigenvalue weighted by Crippen LogP contribution is -2.39. The van der Waals surface area contributed by atoms with Crippen LogP contribution in [0.1, 0.15) is 50.2 Å². The molecule has 1 amide bonds. The summed E-state index contributed by atoms with van der Waals surface area (Å²) < 4.78 is 13.1. The Bertz CT molecular complexity index is 1300. The van der Waals surface area contributed by atoms with Crippen molar-refractivity contribution in [1.29, 1.82) is 0 Å². The third-order valence-electron chi connectivity index (χ3n) is 6.09. The minimum atomic E-state index is -0.341. The second-order valence-corrected chi connectivity index (χ2v) is 8.06. The largest absolute Gasteiger partial charge is 0.464 e. The predicted octanol–water partition coefficient (Wildman–Crippen LogP) is 4.44. The van der Waals surface area contributed by atoms with E-state index >= 15 is 0 Å². The van der Waals surface area contributed by atoms with Crippen LogP contribution in [0.25, 0.3) is 22.1 Å². The van der Waals surface area contributed by atoms with Crippen LogP contribution in [0.3, 0.4) is 0 Å². The van der Waals surface area contributed by atoms with E-state index in [9.17, 15) is 9.59 Å². The van der Waals surface area contributed by atoms with Crippen LogP contribution >= 0.6 is 0 Å². The number of nitrogens with zero attached hydrogens (tertiary/aromatic N) is 3. The van der Waals surface area contributed by atoms with Gasteiger partial charge in [-0.3, -0.25) is 14.2 Å². The van der Waals surface area contributed by atoms with Gasteiger partial charge in [0.2, 0.25) is 11.5 Å². The number of rotatable bonds is 4. The molecule has 7 heteroatoms. The van der Waals surface area contributed by atoms with Gasteiger partial charge in [0.1, 0.15) is 29.2 Å². The highest BCUT2D eigenvalue weighted by Gasteiger charge is 2.29. The van der Waals surface area contributed by atoms with Gasteiger partial charge >= 0.3 is 0 Å². The lowest BCUT2D eigenvalue weighted by Gasteiger charge is -2.29. The van der Waals surface area contributed by atoms with E-state index in [0.29, 0.717) is 17.6 Å². The Hall–Kier alpha value is -3.35. The van der Waals surface area contributed by atoms with Gasteiger partial charge in [0.05, 0.1) is 12.4 Å². The van der Waals surface area contributed by atoms with Crippen molar-refractivity contribution in [3.8, 4) is 0 Å². The van der Waals surface area contributed by atoms with Crippen molar-refractivity contribution in [3.63, 3.8) is 0 Å². The highest BCUT2D eigenvalue weighted by Crippen LogP contribution is 2.32. The zero-order chi connectivity index (χ0) is 21.4. The van der Waals surface area contributed by atoms with Crippen molar-refractivity contribution in [1.82, 2.24) is 14.5 Å². The van der Waals surface area contributed by atoms with Crippen molar-refractivity contribution in [2.45, 2.75) is 51.6 Å². The fourth-order valence-electron chi connectivity index (χ4n) is 4.43. The molecule has 4 aromatic rings. The first-order chi connectivity index (χ1) is 15.2. The number of benzene rings is 1. The maximum Gasteiger partial charge on any atom is 0.297 e. The fraction of sp³-hybridized carbons (Fsp3) is 0.375. The molecule has 4 heterocycles. The van der Waals surface area contributed by atoms with Gasteiger partial charge in [-0.2, -0.15) is 0 Å². The molecule has 7 nitrogen and oxygen atoms in total. The van der Waals surface area contributed by atoms with E-state index in [4.69, 9.17) is 8.83 Å². The van der Waals surface area contributed by atoms with Crippen LogP contribution in [0, 0.1) is 0 Å². The van der Waals surface area contributed by atoms with Gasteiger partial charge in [0, 0.05) is 18.4 Å². The summed E-state index contributed by atoms with van der Waals surface area (Å²) >= 11 is 0. The first-order valence-corrected chi connectivity index (χ1v) is 10.9. The molecule has 1 aliphatic rings. The molecule has 1 fully saturated rings. The molecule has 5 rings (SSSR count). The Morgan fingerprint density at radius 2 is 2.00 bits per heavy atom. The Labute approximate surface area is 179 Å². The first-order valence-electron chi connectivity index (χ1n) is 10.9. The summed E-state index contributed by atoms with van der Waals surface area (Å²) in [7, 11) is 0. The Balaban J connectivity index is 1.46. The topological polar surface area (TPSA) is 81.5 Å². The normalized spacial score (nSPS) is 17.3. The Morgan fingerprint density at radius 3 is 2.84 bits per heavy atom. The molecule has 0 spiro atoms. The Kier molecular flexibility index (Phi) is 5.10. The number of amides is 1. The van der Waals surface area contributed by atoms with E-state index < -0.39 is 0 Å². The Morgan fingerprint density at radius 1 is 1.13 bits per heavy atom. The van der Waals surface area contributed by atoms with Gasteiger partial charge in [-0.1, -0.05) is 31.9 Å². The summed E-state index contributed by atoms with van der Waals surface area (Å²) in [6, 6.07) is 11.3. The molecule has 1 unspecified atom stereocenters. The predicted molar refractivity (Wildman–Crippen MR) is 117 cm³/mol. The second kappa shape index (κ2) is 8.06. The van der Waals surface area contributed by atoms with Crippen molar-refractivity contribution >= 4 is 28.0 Å². The highest BCUT2D eigenvalue weighted by molar-refractivity contribution is 6.01. The summed E-state index contributed by atoms with van der Waals surface area (Å²) in [6.07, 6.45) is 6.19. The van der Waals surface area contributed by atoms with Gasteiger partial charge in [0.15, 0.2) is 0 Å². The van der Waals surface area contributed by atoms with E-state index in [1.807, 2.05) is 48.2 Å². The molecule has 1 atom stereocenters. The van der Waals surface area contributed by atoms with Crippen LogP contribution in [0.15, 0.2) is 56.4 Å². The maximum atomic E-state index is 13.3. The zero-order valence-corrected chi connectivity index (χ0v) is 17.5. The standard InChI is InChI=1S/C24H25N3O4/c1-2-16-11-12-20(30-16)18-9-4-3-7-13-27(18)21(28)14-26-15-25-22-17-8-5-6-10-19(17)31-23(22)24(26)29/h5-6,8,10-12,15,18H,2-4,7,9,13-14H2,1H3. The van der Waals surface area contributed by atoms with Crippen LogP contribution in [-0.2, 0) is 17.8 Å². The van der Waals surface area contributed by atoms with E-state index in [1.54, 1.807) is 0 Å². The molecule has 1 aromatic carbocycles. The molecule has 160 valence electrons. The number of aryl methyl sites for hydroxylation is 1. The number of para-hydroxylation sites is 1. The summed E-state index contributed by atoms with van der Waals surface area (Å²) in [5, 5.41) is 0.796. The summed E-state index contributed by atoms with van der Waals surface area (Å²) in [6.45, 7) is 2.63. The summed E-state index contributed by atoms with van der Waals surface area (Å²) in [5.41, 5.74) is 0.984. The number of hydrogen-bond acceptors (Lipinski definition) is 5. The molecule has 0 aliphatic carbocycles. The third kappa shape index (κ3) is 3.54. The van der Waals surface area contributed by atoms with Crippen LogP contribution in [0.4, 0.5) is 0 Å². The number of aromatic nitrogens is 2. The van der Waals surface area contributed by atoms with E-state index in [2.05, 4.69) is 4.98 Å². The smallest absolute Gasteiger partial charge is 0.297 e. The molecule has 0 bridgehead atoms. The van der Waals surface area contributed by atoms with Crippen molar-refractivity contribution in [3.05, 3.63) is 64.6 Å². The molecule has 3 aromatic heterocycles. The summed E-state index contributed by atoms with van der Waals surface area (Å²) in [5.74, 6) is 1.63. The number of likely N-dealkylation sites (tertiary alicyclic amines) is 1. The fourth-order valence-corrected chi connectivity index (χ4v) is 4.43. The highest BCUT2D eigenvalue weighted by atomic mass is 16.3.